The molecule has 19 nitrogen and oxygen atoms in total. The van der Waals surface area contributed by atoms with E-state index in [1.807, 2.05) is 166 Å². The lowest BCUT2D eigenvalue weighted by Gasteiger charge is -2.02. The van der Waals surface area contributed by atoms with Gasteiger partial charge in [-0.15, -0.1) is 0 Å². The van der Waals surface area contributed by atoms with Crippen molar-refractivity contribution in [2.75, 3.05) is 0 Å². The van der Waals surface area contributed by atoms with Crippen LogP contribution in [-0.2, 0) is 0 Å². The number of aryl methyl sites for hydroxylation is 9. The third kappa shape index (κ3) is 28.4. The zero-order chi connectivity index (χ0) is 61.9. The van der Waals surface area contributed by atoms with Crippen LogP contribution in [0, 0.1) is 62.3 Å². The fraction of sp³-hybridized carbons (Fsp3) is 0.132. The zero-order valence-corrected chi connectivity index (χ0v) is 50.2. The van der Waals surface area contributed by atoms with Crippen molar-refractivity contribution in [3.63, 3.8) is 0 Å². The molecule has 0 N–H and O–H groups in total. The van der Waals surface area contributed by atoms with Gasteiger partial charge in [0, 0.05) is 199 Å². The number of hydrogen-bond acceptors (Lipinski definition) is 19. The van der Waals surface area contributed by atoms with E-state index in [0.29, 0.717) is 0 Å². The van der Waals surface area contributed by atoms with Crippen molar-refractivity contribution in [3.05, 3.63) is 310 Å². The first-order valence-corrected chi connectivity index (χ1v) is 27.2. The van der Waals surface area contributed by atoms with Crippen LogP contribution in [-0.4, -0.2) is 94.7 Å². The first kappa shape index (κ1) is 66.3. The Bertz CT molecular complexity index is 3520. The molecule has 0 atom stereocenters. The molecule has 19 heteroatoms. The van der Waals surface area contributed by atoms with E-state index in [9.17, 15) is 0 Å². The molecule has 13 rings (SSSR count). The maximum Gasteiger partial charge on any atom is 0.125 e. The first-order valence-electron chi connectivity index (χ1n) is 27.2. The lowest BCUT2D eigenvalue weighted by molar-refractivity contribution is 1.05. The van der Waals surface area contributed by atoms with Gasteiger partial charge < -0.3 is 0 Å². The molecule has 13 aromatic heterocycles. The molecule has 0 amide bonds. The Balaban J connectivity index is 0.000000181. The fourth-order valence-electron chi connectivity index (χ4n) is 6.70. The molecule has 0 unspecified atom stereocenters. The molecule has 0 saturated heterocycles. The third-order valence-electron chi connectivity index (χ3n) is 11.1. The van der Waals surface area contributed by atoms with Gasteiger partial charge in [0.15, 0.2) is 0 Å². The Kier molecular flexibility index (Phi) is 30.4. The van der Waals surface area contributed by atoms with Crippen LogP contribution < -0.4 is 0 Å². The summed E-state index contributed by atoms with van der Waals surface area (Å²) in [5, 5.41) is 0. The summed E-state index contributed by atoms with van der Waals surface area (Å²) >= 11 is 0. The van der Waals surface area contributed by atoms with Crippen molar-refractivity contribution >= 4 is 0 Å². The minimum absolute atomic E-state index is 0.822. The fourth-order valence-corrected chi connectivity index (χ4v) is 6.70. The quantitative estimate of drug-likeness (QED) is 0.159. The monoisotopic (exact) mass is 1150 g/mol. The maximum atomic E-state index is 4.20. The molecule has 87 heavy (non-hydrogen) atoms. The summed E-state index contributed by atoms with van der Waals surface area (Å²) in [4.78, 5) is 75.1. The standard InChI is InChI=1S/4C10H9N3.3C6H7N.2C5H6N2/c1-8-2-9(4-11-3-8)10-5-12-7-13-6-10;1-8-4-9(2-3-13-8)10-5-11-7-12-6-10;1-8-2-3-11-6-10(8)9-4-12-7-13-5-9;1-8-2-3-9(6-13-8)10-4-11-7-12-5-10;1-6-2-4-7-5-3-6;1-6-3-2-4-7-5-6;1-6-4-2-3-5-7-6;1-5-2-6-4-7-3-5;1-5-6-3-2-4-7-5/h4*2-7H,1H3;3*2-5H,1H3;2*2-4H,1H3. The molecule has 13 heterocycles. The molecule has 0 aliphatic heterocycles. The molecule has 0 aliphatic carbocycles. The maximum absolute atomic E-state index is 4.20. The second-order valence-corrected chi connectivity index (χ2v) is 18.6. The summed E-state index contributed by atoms with van der Waals surface area (Å²) in [6.45, 7) is 17.8. The predicted molar refractivity (Wildman–Crippen MR) is 340 cm³/mol. The molecule has 13 aromatic rings. The van der Waals surface area contributed by atoms with Crippen LogP contribution in [0.3, 0.4) is 0 Å². The molecule has 0 spiro atoms. The molecule has 0 aromatic carbocycles. The Hall–Kier alpha value is -11.5. The van der Waals surface area contributed by atoms with Crippen LogP contribution in [0.1, 0.15) is 50.7 Å². The van der Waals surface area contributed by atoms with E-state index in [1.165, 1.54) is 48.3 Å². The highest BCUT2D eigenvalue weighted by atomic mass is 14.8. The molecular formula is C68H69N19. The Morgan fingerprint density at radius 2 is 0.713 bits per heavy atom. The van der Waals surface area contributed by atoms with Crippen molar-refractivity contribution < 1.29 is 0 Å². The zero-order valence-electron chi connectivity index (χ0n) is 50.2. The second kappa shape index (κ2) is 39.9. The van der Waals surface area contributed by atoms with Gasteiger partial charge in [-0.2, -0.15) is 0 Å². The van der Waals surface area contributed by atoms with Crippen LogP contribution >= 0.6 is 0 Å². The molecule has 0 fully saturated rings. The van der Waals surface area contributed by atoms with Gasteiger partial charge >= 0.3 is 0 Å². The van der Waals surface area contributed by atoms with Gasteiger partial charge in [0.2, 0.25) is 0 Å². The summed E-state index contributed by atoms with van der Waals surface area (Å²) in [5.74, 6) is 0.822. The van der Waals surface area contributed by atoms with Crippen LogP contribution in [0.15, 0.2) is 259 Å². The minimum Gasteiger partial charge on any atom is -0.265 e. The van der Waals surface area contributed by atoms with Crippen molar-refractivity contribution in [1.29, 1.82) is 0 Å². The number of pyridine rings is 7. The van der Waals surface area contributed by atoms with Crippen molar-refractivity contribution in [2.24, 2.45) is 0 Å². The predicted octanol–water partition coefficient (Wildman–Crippen LogP) is 13.1. The van der Waals surface area contributed by atoms with Gasteiger partial charge in [-0.25, -0.2) is 59.8 Å². The molecule has 0 radical (unpaired) electrons. The van der Waals surface area contributed by atoms with Crippen LogP contribution in [0.2, 0.25) is 0 Å². The molecule has 0 bridgehead atoms. The molecule has 0 aliphatic rings. The second-order valence-electron chi connectivity index (χ2n) is 18.6. The smallest absolute Gasteiger partial charge is 0.125 e. The minimum atomic E-state index is 0.822. The summed E-state index contributed by atoms with van der Waals surface area (Å²) < 4.78 is 0. The topological polar surface area (TPSA) is 245 Å². The lowest BCUT2D eigenvalue weighted by Crippen LogP contribution is -1.86. The van der Waals surface area contributed by atoms with Gasteiger partial charge in [-0.05, 0) is 162 Å². The number of nitrogens with zero attached hydrogens (tertiary/aromatic N) is 19. The van der Waals surface area contributed by atoms with E-state index >= 15 is 0 Å². The van der Waals surface area contributed by atoms with E-state index in [-0.39, 0.29) is 0 Å². The van der Waals surface area contributed by atoms with Gasteiger partial charge in [-0.3, -0.25) is 34.9 Å². The van der Waals surface area contributed by atoms with Gasteiger partial charge in [0.25, 0.3) is 0 Å². The van der Waals surface area contributed by atoms with E-state index in [4.69, 9.17) is 0 Å². The van der Waals surface area contributed by atoms with Crippen LogP contribution in [0.4, 0.5) is 0 Å². The van der Waals surface area contributed by atoms with Gasteiger partial charge in [-0.1, -0.05) is 18.2 Å². The van der Waals surface area contributed by atoms with E-state index in [2.05, 4.69) is 101 Å². The van der Waals surface area contributed by atoms with Gasteiger partial charge in [0.1, 0.15) is 37.5 Å². The normalized spacial score (nSPS) is 9.44. The van der Waals surface area contributed by atoms with E-state index in [0.717, 1.165) is 78.5 Å². The summed E-state index contributed by atoms with van der Waals surface area (Å²) in [7, 11) is 0. The van der Waals surface area contributed by atoms with E-state index in [1.54, 1.807) is 118 Å². The summed E-state index contributed by atoms with van der Waals surface area (Å²) in [5.41, 5.74) is 17.3. The SMILES string of the molecule is Cc1cc(-c2cncnc2)ccn1.Cc1ccc(-c2cncnc2)cn1.Cc1ccccn1.Cc1cccnc1.Cc1ccncc1.Cc1ccncc1-c1cncnc1.Cc1cncc(-c2cncnc2)c1.Cc1cncnc1.Cc1ncccn1. The molecule has 0 saturated carbocycles. The van der Waals surface area contributed by atoms with Crippen molar-refractivity contribution in [1.82, 2.24) is 94.7 Å². The largest absolute Gasteiger partial charge is 0.265 e. The van der Waals surface area contributed by atoms with Crippen LogP contribution in [0.5, 0.6) is 0 Å². The Morgan fingerprint density at radius 1 is 0.218 bits per heavy atom. The number of hydrogen-bond donors (Lipinski definition) is 0. The molecular weight excluding hydrogens is 1080 g/mol. The summed E-state index contributed by atoms with van der Waals surface area (Å²) in [6, 6.07) is 27.5. The van der Waals surface area contributed by atoms with E-state index < -0.39 is 0 Å². The number of aromatic nitrogens is 19. The highest BCUT2D eigenvalue weighted by molar-refractivity contribution is 5.64. The lowest BCUT2D eigenvalue weighted by atomic mass is 10.1. The average molecular weight is 1150 g/mol. The highest BCUT2D eigenvalue weighted by Crippen LogP contribution is 2.20. The average Bonchev–Trinajstić information content (AvgIpc) is 3.77. The van der Waals surface area contributed by atoms with Crippen molar-refractivity contribution in [2.45, 2.75) is 62.3 Å². The Labute approximate surface area is 509 Å². The van der Waals surface area contributed by atoms with Gasteiger partial charge in [0.05, 0.1) is 0 Å². The summed E-state index contributed by atoms with van der Waals surface area (Å²) in [6.07, 6.45) is 48.7. The first-order chi connectivity index (χ1) is 42.4. The third-order valence-corrected chi connectivity index (χ3v) is 11.1. The Morgan fingerprint density at radius 3 is 1.13 bits per heavy atom. The van der Waals surface area contributed by atoms with Crippen molar-refractivity contribution in [3.8, 4) is 44.5 Å². The molecule has 436 valence electrons. The highest BCUT2D eigenvalue weighted by Gasteiger charge is 2.02. The van der Waals surface area contributed by atoms with Crippen LogP contribution in [0.25, 0.3) is 44.5 Å². The number of rotatable bonds is 4.